The molecular weight excluding hydrogens is 416 g/mol. The van der Waals surface area contributed by atoms with Crippen LogP contribution in [0.2, 0.25) is 0 Å². The number of H-pyrrole nitrogens is 1. The lowest BCUT2D eigenvalue weighted by Gasteiger charge is -2.33. The monoisotopic (exact) mass is 444 g/mol. The van der Waals surface area contributed by atoms with Crippen LogP contribution in [0.5, 0.6) is 5.75 Å². The molecule has 33 heavy (non-hydrogen) atoms. The van der Waals surface area contributed by atoms with E-state index in [0.717, 1.165) is 35.6 Å². The number of aromatic nitrogens is 4. The fraction of sp³-hybridized carbons (Fsp3) is 0.320. The molecule has 1 atom stereocenters. The standard InChI is InChI=1S/C25H28N6O2/c1-30-15-12-27-24(30)22(19-6-3-4-8-21(19)33-2)29-25(32)31-13-9-17(10-14-31)20-16-28-23-18(20)7-5-11-26-23/h3-8,11-12,15-17,22H,9-10,13-14H2,1-2H3,(H,26,28)(H,29,32). The topological polar surface area (TPSA) is 88.1 Å². The van der Waals surface area contributed by atoms with Crippen LogP contribution in [0.25, 0.3) is 11.0 Å². The summed E-state index contributed by atoms with van der Waals surface area (Å²) in [5.74, 6) is 1.89. The fourth-order valence-electron chi connectivity index (χ4n) is 4.76. The molecule has 1 fully saturated rings. The van der Waals surface area contributed by atoms with Gasteiger partial charge in [0.2, 0.25) is 0 Å². The molecule has 1 unspecified atom stereocenters. The highest BCUT2D eigenvalue weighted by Gasteiger charge is 2.29. The third-order valence-corrected chi connectivity index (χ3v) is 6.54. The summed E-state index contributed by atoms with van der Waals surface area (Å²) in [5, 5.41) is 4.38. The van der Waals surface area contributed by atoms with Gasteiger partial charge in [0.1, 0.15) is 23.3 Å². The van der Waals surface area contributed by atoms with E-state index in [1.54, 1.807) is 19.5 Å². The number of urea groups is 1. The summed E-state index contributed by atoms with van der Waals surface area (Å²) < 4.78 is 7.50. The predicted molar refractivity (Wildman–Crippen MR) is 126 cm³/mol. The normalized spacial score (nSPS) is 15.5. The first kappa shape index (κ1) is 21.1. The molecule has 0 radical (unpaired) electrons. The van der Waals surface area contributed by atoms with Crippen molar-refractivity contribution in [1.29, 1.82) is 0 Å². The van der Waals surface area contributed by atoms with Gasteiger partial charge < -0.3 is 24.5 Å². The number of benzene rings is 1. The van der Waals surface area contributed by atoms with Gasteiger partial charge in [0, 0.05) is 55.9 Å². The lowest BCUT2D eigenvalue weighted by molar-refractivity contribution is 0.178. The number of likely N-dealkylation sites (tertiary alicyclic amines) is 1. The summed E-state index contributed by atoms with van der Waals surface area (Å²) in [6.45, 7) is 1.39. The van der Waals surface area contributed by atoms with Gasteiger partial charge in [-0.2, -0.15) is 0 Å². The van der Waals surface area contributed by atoms with Crippen LogP contribution < -0.4 is 10.1 Å². The number of nitrogens with zero attached hydrogens (tertiary/aromatic N) is 4. The minimum atomic E-state index is -0.411. The number of carbonyl (C=O) groups excluding carboxylic acids is 1. The number of ether oxygens (including phenoxy) is 1. The molecule has 1 aromatic carbocycles. The quantitative estimate of drug-likeness (QED) is 0.487. The Bertz CT molecular complexity index is 1250. The van der Waals surface area contributed by atoms with E-state index in [4.69, 9.17) is 4.74 Å². The van der Waals surface area contributed by atoms with Crippen molar-refractivity contribution >= 4 is 17.1 Å². The number of para-hydroxylation sites is 1. The second kappa shape index (κ2) is 8.97. The average Bonchev–Trinajstić information content (AvgIpc) is 3.49. The summed E-state index contributed by atoms with van der Waals surface area (Å²) in [5.41, 5.74) is 3.09. The van der Waals surface area contributed by atoms with Crippen LogP contribution in [0.3, 0.4) is 0 Å². The van der Waals surface area contributed by atoms with Crippen molar-refractivity contribution in [1.82, 2.24) is 29.7 Å². The van der Waals surface area contributed by atoms with Crippen molar-refractivity contribution in [3.8, 4) is 5.75 Å². The number of pyridine rings is 1. The molecule has 0 bridgehead atoms. The predicted octanol–water partition coefficient (Wildman–Crippen LogP) is 3.98. The van der Waals surface area contributed by atoms with Gasteiger partial charge in [-0.15, -0.1) is 0 Å². The number of hydrogen-bond acceptors (Lipinski definition) is 4. The number of nitrogens with one attached hydrogen (secondary N) is 2. The van der Waals surface area contributed by atoms with Crippen LogP contribution in [-0.2, 0) is 7.05 Å². The summed E-state index contributed by atoms with van der Waals surface area (Å²) in [6, 6.07) is 11.3. The summed E-state index contributed by atoms with van der Waals surface area (Å²) in [6.07, 6.45) is 9.32. The highest BCUT2D eigenvalue weighted by atomic mass is 16.5. The maximum absolute atomic E-state index is 13.3. The second-order valence-electron chi connectivity index (χ2n) is 8.43. The zero-order valence-electron chi connectivity index (χ0n) is 18.9. The molecule has 1 saturated heterocycles. The fourth-order valence-corrected chi connectivity index (χ4v) is 4.76. The average molecular weight is 445 g/mol. The zero-order chi connectivity index (χ0) is 22.8. The molecule has 8 heteroatoms. The van der Waals surface area contributed by atoms with Gasteiger partial charge in [0.05, 0.1) is 7.11 Å². The largest absolute Gasteiger partial charge is 0.496 e. The van der Waals surface area contributed by atoms with Crippen molar-refractivity contribution < 1.29 is 9.53 Å². The smallest absolute Gasteiger partial charge is 0.318 e. The maximum Gasteiger partial charge on any atom is 0.318 e. The van der Waals surface area contributed by atoms with E-state index in [1.165, 1.54) is 10.9 Å². The molecule has 1 aliphatic rings. The molecule has 2 amide bonds. The molecule has 170 valence electrons. The van der Waals surface area contributed by atoms with Gasteiger partial charge in [0.15, 0.2) is 0 Å². The van der Waals surface area contributed by atoms with E-state index in [-0.39, 0.29) is 6.03 Å². The highest BCUT2D eigenvalue weighted by Crippen LogP contribution is 2.33. The Labute approximate surface area is 192 Å². The summed E-state index contributed by atoms with van der Waals surface area (Å²) >= 11 is 0. The Morgan fingerprint density at radius 3 is 2.73 bits per heavy atom. The molecule has 3 aromatic heterocycles. The van der Waals surface area contributed by atoms with Gasteiger partial charge in [-0.25, -0.2) is 14.8 Å². The van der Waals surface area contributed by atoms with Gasteiger partial charge >= 0.3 is 6.03 Å². The third-order valence-electron chi connectivity index (χ3n) is 6.54. The van der Waals surface area contributed by atoms with E-state index in [9.17, 15) is 4.79 Å². The summed E-state index contributed by atoms with van der Waals surface area (Å²) in [4.78, 5) is 27.4. The van der Waals surface area contributed by atoms with E-state index >= 15 is 0 Å². The van der Waals surface area contributed by atoms with E-state index in [2.05, 4.69) is 32.5 Å². The van der Waals surface area contributed by atoms with Crippen LogP contribution in [0.4, 0.5) is 4.79 Å². The Balaban J connectivity index is 1.32. The molecule has 1 aliphatic heterocycles. The number of carbonyl (C=O) groups is 1. The highest BCUT2D eigenvalue weighted by molar-refractivity contribution is 5.80. The Morgan fingerprint density at radius 1 is 1.15 bits per heavy atom. The van der Waals surface area contributed by atoms with Crippen LogP contribution in [0.15, 0.2) is 61.2 Å². The molecule has 5 rings (SSSR count). The first-order valence-electron chi connectivity index (χ1n) is 11.2. The van der Waals surface area contributed by atoms with Gasteiger partial charge in [-0.05, 0) is 42.5 Å². The summed E-state index contributed by atoms with van der Waals surface area (Å²) in [7, 11) is 3.57. The number of rotatable bonds is 5. The van der Waals surface area contributed by atoms with Crippen molar-refractivity contribution in [3.63, 3.8) is 0 Å². The zero-order valence-corrected chi connectivity index (χ0v) is 18.9. The number of fused-ring (bicyclic) bond motifs is 1. The van der Waals surface area contributed by atoms with Crippen molar-refractivity contribution in [2.75, 3.05) is 20.2 Å². The van der Waals surface area contributed by atoms with Crippen molar-refractivity contribution in [3.05, 3.63) is 78.1 Å². The van der Waals surface area contributed by atoms with Crippen LogP contribution in [0.1, 0.15) is 41.8 Å². The maximum atomic E-state index is 13.3. The van der Waals surface area contributed by atoms with E-state index in [0.29, 0.717) is 19.0 Å². The second-order valence-corrected chi connectivity index (χ2v) is 8.43. The Hall–Kier alpha value is -3.81. The van der Waals surface area contributed by atoms with Crippen LogP contribution >= 0.6 is 0 Å². The Morgan fingerprint density at radius 2 is 1.97 bits per heavy atom. The third kappa shape index (κ3) is 4.04. The van der Waals surface area contributed by atoms with E-state index in [1.807, 2.05) is 53.0 Å². The molecule has 4 heterocycles. The minimum absolute atomic E-state index is 0.0899. The van der Waals surface area contributed by atoms with Crippen LogP contribution in [-0.4, -0.2) is 50.6 Å². The van der Waals surface area contributed by atoms with Crippen molar-refractivity contribution in [2.45, 2.75) is 24.8 Å². The molecule has 0 spiro atoms. The lowest BCUT2D eigenvalue weighted by atomic mass is 9.89. The van der Waals surface area contributed by atoms with Crippen molar-refractivity contribution in [2.24, 2.45) is 7.05 Å². The van der Waals surface area contributed by atoms with Gasteiger partial charge in [0.25, 0.3) is 0 Å². The molecule has 4 aromatic rings. The lowest BCUT2D eigenvalue weighted by Crippen LogP contribution is -2.45. The molecule has 2 N–H and O–H groups in total. The first-order chi connectivity index (χ1) is 16.2. The molecule has 0 saturated carbocycles. The first-order valence-corrected chi connectivity index (χ1v) is 11.2. The number of piperidine rings is 1. The number of hydrogen-bond donors (Lipinski definition) is 2. The van der Waals surface area contributed by atoms with Crippen LogP contribution in [0, 0.1) is 0 Å². The number of aromatic amines is 1. The molecular formula is C25H28N6O2. The molecule has 0 aliphatic carbocycles. The van der Waals surface area contributed by atoms with Gasteiger partial charge in [-0.1, -0.05) is 18.2 Å². The van der Waals surface area contributed by atoms with E-state index < -0.39 is 6.04 Å². The Kier molecular flexibility index (Phi) is 5.73. The van der Waals surface area contributed by atoms with Gasteiger partial charge in [-0.3, -0.25) is 0 Å². The number of imidazole rings is 1. The number of aryl methyl sites for hydroxylation is 1. The molecule has 8 nitrogen and oxygen atoms in total. The SMILES string of the molecule is COc1ccccc1C(NC(=O)N1CCC(c2c[nH]c3ncccc23)CC1)c1nccn1C. The minimum Gasteiger partial charge on any atom is -0.496 e. The number of methoxy groups -OCH3 is 1. The number of amides is 2.